The Morgan fingerprint density at radius 1 is 1.24 bits per heavy atom. The lowest BCUT2D eigenvalue weighted by molar-refractivity contribution is 0.0635. The van der Waals surface area contributed by atoms with Crippen molar-refractivity contribution in [2.75, 3.05) is 10.6 Å². The van der Waals surface area contributed by atoms with Gasteiger partial charge in [-0.05, 0) is 45.9 Å². The number of ether oxygens (including phenoxy) is 1. The summed E-state index contributed by atoms with van der Waals surface area (Å²) in [5, 5.41) is 8.99. The van der Waals surface area contributed by atoms with Gasteiger partial charge in [0.05, 0.1) is 17.4 Å². The van der Waals surface area contributed by atoms with Gasteiger partial charge in [0, 0.05) is 18.4 Å². The van der Waals surface area contributed by atoms with Crippen LogP contribution in [0.15, 0.2) is 24.4 Å². The summed E-state index contributed by atoms with van der Waals surface area (Å²) >= 11 is 0. The molecule has 0 aliphatic carbocycles. The second kappa shape index (κ2) is 6.92. The van der Waals surface area contributed by atoms with Gasteiger partial charge in [0.15, 0.2) is 0 Å². The molecule has 0 spiro atoms. The van der Waals surface area contributed by atoms with Crippen LogP contribution in [0.25, 0.3) is 0 Å². The number of hydrogen-bond acceptors (Lipinski definition) is 4. The molecule has 1 aromatic carbocycles. The molecule has 0 aliphatic rings. The van der Waals surface area contributed by atoms with Crippen LogP contribution in [0.3, 0.4) is 0 Å². The predicted molar refractivity (Wildman–Crippen MR) is 92.2 cm³/mol. The number of aryl methyl sites for hydroxylation is 1. The molecule has 0 aliphatic heterocycles. The maximum absolute atomic E-state index is 13.9. The fraction of sp³-hybridized carbons (Fsp3) is 0.353. The van der Waals surface area contributed by atoms with E-state index in [0.717, 1.165) is 6.07 Å². The molecule has 8 heteroatoms. The van der Waals surface area contributed by atoms with Gasteiger partial charge in [0.25, 0.3) is 5.91 Å². The summed E-state index contributed by atoms with van der Waals surface area (Å²) in [6, 6.07) is 3.88. The summed E-state index contributed by atoms with van der Waals surface area (Å²) in [6.45, 7) is 6.88. The summed E-state index contributed by atoms with van der Waals surface area (Å²) in [4.78, 5) is 24.1. The van der Waals surface area contributed by atoms with Crippen LogP contribution in [-0.2, 0) is 11.8 Å². The Hall–Kier alpha value is -2.90. The van der Waals surface area contributed by atoms with Crippen molar-refractivity contribution < 1.29 is 18.7 Å². The van der Waals surface area contributed by atoms with E-state index in [9.17, 15) is 14.0 Å². The zero-order valence-corrected chi connectivity index (χ0v) is 14.8. The Balaban J connectivity index is 2.14. The third-order valence-corrected chi connectivity index (χ3v) is 3.34. The van der Waals surface area contributed by atoms with Crippen molar-refractivity contribution in [3.63, 3.8) is 0 Å². The molecule has 2 rings (SSSR count). The van der Waals surface area contributed by atoms with Crippen LogP contribution in [0.2, 0.25) is 0 Å². The van der Waals surface area contributed by atoms with Crippen molar-refractivity contribution in [1.29, 1.82) is 0 Å². The van der Waals surface area contributed by atoms with Gasteiger partial charge in [-0.3, -0.25) is 14.8 Å². The molecule has 0 unspecified atom stereocenters. The highest BCUT2D eigenvalue weighted by Gasteiger charge is 2.18. The Kier molecular flexibility index (Phi) is 5.10. The lowest BCUT2D eigenvalue weighted by Gasteiger charge is -2.20. The second-order valence-corrected chi connectivity index (χ2v) is 6.54. The van der Waals surface area contributed by atoms with E-state index in [1.54, 1.807) is 39.4 Å². The van der Waals surface area contributed by atoms with Gasteiger partial charge in [-0.2, -0.15) is 5.10 Å². The number of benzene rings is 1. The number of aromatic nitrogens is 2. The second-order valence-electron chi connectivity index (χ2n) is 6.54. The number of hydrogen-bond donors (Lipinski definition) is 2. The summed E-state index contributed by atoms with van der Waals surface area (Å²) in [5.74, 6) is -1.01. The lowest BCUT2D eigenvalue weighted by atomic mass is 10.2. The van der Waals surface area contributed by atoms with Gasteiger partial charge in [-0.15, -0.1) is 0 Å². The molecule has 0 bridgehead atoms. The first-order chi connectivity index (χ1) is 11.6. The molecule has 0 radical (unpaired) electrons. The van der Waals surface area contributed by atoms with Crippen molar-refractivity contribution in [1.82, 2.24) is 9.78 Å². The topological polar surface area (TPSA) is 85.2 Å². The first-order valence-electron chi connectivity index (χ1n) is 7.66. The van der Waals surface area contributed by atoms with Crippen LogP contribution in [-0.4, -0.2) is 27.4 Å². The zero-order chi connectivity index (χ0) is 18.8. The lowest BCUT2D eigenvalue weighted by Crippen LogP contribution is -2.27. The molecule has 0 fully saturated rings. The molecule has 2 amide bonds. The fourth-order valence-corrected chi connectivity index (χ4v) is 2.03. The van der Waals surface area contributed by atoms with Gasteiger partial charge < -0.3 is 10.1 Å². The molecule has 25 heavy (non-hydrogen) atoms. The average Bonchev–Trinajstić information content (AvgIpc) is 2.80. The van der Waals surface area contributed by atoms with E-state index in [1.807, 2.05) is 0 Å². The number of carbonyl (C=O) groups is 2. The van der Waals surface area contributed by atoms with Crippen molar-refractivity contribution in [2.24, 2.45) is 7.05 Å². The van der Waals surface area contributed by atoms with Crippen molar-refractivity contribution in [3.8, 4) is 0 Å². The van der Waals surface area contributed by atoms with E-state index >= 15 is 0 Å². The van der Waals surface area contributed by atoms with Crippen LogP contribution in [0.4, 0.5) is 20.6 Å². The number of amides is 2. The molecule has 0 atom stereocenters. The standard InChI is InChI=1S/C17H21FN4O3/c1-10-12(9-19-22(10)5)15(23)20-11-6-7-13(18)14(8-11)21-16(24)25-17(2,3)4/h6-9H,1-5H3,(H,20,23)(H,21,24). The summed E-state index contributed by atoms with van der Waals surface area (Å²) < 4.78 is 20.6. The Labute approximate surface area is 145 Å². The van der Waals surface area contributed by atoms with Gasteiger partial charge in [0.1, 0.15) is 11.4 Å². The van der Waals surface area contributed by atoms with Crippen molar-refractivity contribution >= 4 is 23.4 Å². The van der Waals surface area contributed by atoms with Crippen LogP contribution < -0.4 is 10.6 Å². The highest BCUT2D eigenvalue weighted by atomic mass is 19.1. The molecule has 1 heterocycles. The number of halogens is 1. The third-order valence-electron chi connectivity index (χ3n) is 3.34. The quantitative estimate of drug-likeness (QED) is 0.889. The first-order valence-corrected chi connectivity index (χ1v) is 7.66. The number of carbonyl (C=O) groups excluding carboxylic acids is 2. The van der Waals surface area contributed by atoms with E-state index in [4.69, 9.17) is 4.74 Å². The first kappa shape index (κ1) is 18.4. The number of anilines is 2. The number of nitrogens with one attached hydrogen (secondary N) is 2. The summed E-state index contributed by atoms with van der Waals surface area (Å²) in [6.07, 6.45) is 0.673. The molecular formula is C17H21FN4O3. The maximum Gasteiger partial charge on any atom is 0.412 e. The van der Waals surface area contributed by atoms with E-state index in [-0.39, 0.29) is 11.6 Å². The molecule has 0 saturated carbocycles. The molecule has 2 N–H and O–H groups in total. The van der Waals surface area contributed by atoms with Crippen LogP contribution in [0, 0.1) is 12.7 Å². The van der Waals surface area contributed by atoms with Crippen LogP contribution in [0.5, 0.6) is 0 Å². The highest BCUT2D eigenvalue weighted by Crippen LogP contribution is 2.21. The van der Waals surface area contributed by atoms with Gasteiger partial charge >= 0.3 is 6.09 Å². The Morgan fingerprint density at radius 2 is 1.92 bits per heavy atom. The van der Waals surface area contributed by atoms with E-state index in [0.29, 0.717) is 16.9 Å². The highest BCUT2D eigenvalue weighted by molar-refractivity contribution is 6.05. The molecule has 7 nitrogen and oxygen atoms in total. The largest absolute Gasteiger partial charge is 0.444 e. The molecule has 1 aromatic heterocycles. The fourth-order valence-electron chi connectivity index (χ4n) is 2.03. The third kappa shape index (κ3) is 4.79. The van der Waals surface area contributed by atoms with E-state index in [2.05, 4.69) is 15.7 Å². The summed E-state index contributed by atoms with van der Waals surface area (Å²) in [7, 11) is 1.73. The maximum atomic E-state index is 13.9. The van der Waals surface area contributed by atoms with E-state index in [1.165, 1.54) is 18.3 Å². The molecule has 134 valence electrons. The molecule has 0 saturated heterocycles. The van der Waals surface area contributed by atoms with Gasteiger partial charge in [-0.1, -0.05) is 0 Å². The minimum atomic E-state index is -0.780. The predicted octanol–water partition coefficient (Wildman–Crippen LogP) is 3.47. The summed E-state index contributed by atoms with van der Waals surface area (Å²) in [5.41, 5.74) is 0.653. The minimum Gasteiger partial charge on any atom is -0.444 e. The van der Waals surface area contributed by atoms with Gasteiger partial charge in [0.2, 0.25) is 0 Å². The monoisotopic (exact) mass is 348 g/mol. The van der Waals surface area contributed by atoms with Crippen molar-refractivity contribution in [3.05, 3.63) is 41.5 Å². The van der Waals surface area contributed by atoms with Crippen molar-refractivity contribution in [2.45, 2.75) is 33.3 Å². The molecule has 2 aromatic rings. The normalized spacial score (nSPS) is 11.1. The minimum absolute atomic E-state index is 0.0880. The Bertz CT molecular complexity index is 809. The van der Waals surface area contributed by atoms with Crippen LogP contribution >= 0.6 is 0 Å². The smallest absolute Gasteiger partial charge is 0.412 e. The Morgan fingerprint density at radius 3 is 2.48 bits per heavy atom. The van der Waals surface area contributed by atoms with Crippen LogP contribution in [0.1, 0.15) is 36.8 Å². The average molecular weight is 348 g/mol. The SMILES string of the molecule is Cc1c(C(=O)Nc2ccc(F)c(NC(=O)OC(C)(C)C)c2)cnn1C. The van der Waals surface area contributed by atoms with Gasteiger partial charge in [-0.25, -0.2) is 9.18 Å². The molecular weight excluding hydrogens is 327 g/mol. The van der Waals surface area contributed by atoms with E-state index < -0.39 is 17.5 Å². The number of nitrogens with zero attached hydrogens (tertiary/aromatic N) is 2. The number of rotatable bonds is 3. The zero-order valence-electron chi connectivity index (χ0n) is 14.8.